The van der Waals surface area contributed by atoms with Crippen LogP contribution in [0.5, 0.6) is 11.5 Å². The van der Waals surface area contributed by atoms with Gasteiger partial charge in [0.05, 0.1) is 23.0 Å². The smallest absolute Gasteiger partial charge is 0.418 e. The first kappa shape index (κ1) is 23.6. The molecule has 0 saturated heterocycles. The summed E-state index contributed by atoms with van der Waals surface area (Å²) < 4.78 is 59.4. The van der Waals surface area contributed by atoms with Gasteiger partial charge in [-0.1, -0.05) is 11.6 Å². The fourth-order valence-electron chi connectivity index (χ4n) is 2.64. The van der Waals surface area contributed by atoms with Crippen LogP contribution in [0, 0.1) is 11.0 Å². The Bertz CT molecular complexity index is 1240. The Balaban J connectivity index is 1.73. The van der Waals surface area contributed by atoms with E-state index in [1.165, 1.54) is 12.1 Å². The van der Waals surface area contributed by atoms with Crippen LogP contribution in [0.15, 0.2) is 54.7 Å². The number of nitrogens with one attached hydrogen (secondary N) is 2. The Hall–Kier alpha value is -4.06. The second-order valence-electron chi connectivity index (χ2n) is 6.45. The summed E-state index contributed by atoms with van der Waals surface area (Å²) in [7, 11) is 0. The zero-order valence-electron chi connectivity index (χ0n) is 16.2. The number of urea groups is 1. The van der Waals surface area contributed by atoms with Crippen molar-refractivity contribution in [2.75, 3.05) is 10.6 Å². The van der Waals surface area contributed by atoms with Crippen LogP contribution in [-0.2, 0) is 6.18 Å². The average molecular weight is 485 g/mol. The molecule has 2 aromatic carbocycles. The van der Waals surface area contributed by atoms with Gasteiger partial charge < -0.3 is 26.3 Å². The normalized spacial score (nSPS) is 11.1. The number of primary amides is 1. The molecule has 33 heavy (non-hydrogen) atoms. The molecule has 0 saturated carbocycles. The minimum Gasteiger partial charge on any atom is -0.618 e. The maximum Gasteiger partial charge on any atom is 0.418 e. The van der Waals surface area contributed by atoms with Gasteiger partial charge in [-0.05, 0) is 30.3 Å². The summed E-state index contributed by atoms with van der Waals surface area (Å²) in [4.78, 5) is 23.3. The van der Waals surface area contributed by atoms with E-state index >= 15 is 0 Å². The third-order valence-corrected chi connectivity index (χ3v) is 4.34. The third kappa shape index (κ3) is 5.80. The van der Waals surface area contributed by atoms with Gasteiger partial charge in [-0.25, -0.2) is 9.18 Å². The molecule has 13 heteroatoms. The zero-order valence-corrected chi connectivity index (χ0v) is 17.0. The molecule has 0 aliphatic carbocycles. The van der Waals surface area contributed by atoms with Crippen LogP contribution in [0.3, 0.4) is 0 Å². The minimum atomic E-state index is -4.78. The molecule has 0 fully saturated rings. The van der Waals surface area contributed by atoms with Gasteiger partial charge in [0.1, 0.15) is 17.3 Å². The molecular formula is C20H13ClF4N4O4. The maximum atomic E-state index is 14.4. The van der Waals surface area contributed by atoms with Crippen LogP contribution in [0.1, 0.15) is 16.1 Å². The Labute approximate surface area is 188 Å². The second-order valence-corrected chi connectivity index (χ2v) is 6.88. The van der Waals surface area contributed by atoms with Crippen molar-refractivity contribution in [2.45, 2.75) is 6.18 Å². The molecule has 3 aromatic rings. The molecule has 1 aromatic heterocycles. The maximum absolute atomic E-state index is 14.4. The number of ether oxygens (including phenoxy) is 1. The fourth-order valence-corrected chi connectivity index (χ4v) is 2.82. The van der Waals surface area contributed by atoms with Gasteiger partial charge in [0, 0.05) is 17.2 Å². The number of nitrogens with zero attached hydrogens (tertiary/aromatic N) is 1. The molecule has 0 aliphatic rings. The number of hydrogen-bond acceptors (Lipinski definition) is 4. The lowest BCUT2D eigenvalue weighted by atomic mass is 10.1. The SMILES string of the molecule is NC(=O)c1cc(Oc2ccc(NC(=O)Nc3ccc(Cl)cc3C(F)(F)F)c(F)c2)cc[n+]1[O-]. The Morgan fingerprint density at radius 1 is 1.00 bits per heavy atom. The molecule has 3 rings (SSSR count). The third-order valence-electron chi connectivity index (χ3n) is 4.10. The molecule has 0 aliphatic heterocycles. The van der Waals surface area contributed by atoms with Gasteiger partial charge in [-0.15, -0.1) is 0 Å². The van der Waals surface area contributed by atoms with Crippen LogP contribution < -0.4 is 25.8 Å². The summed E-state index contributed by atoms with van der Waals surface area (Å²) in [6.07, 6.45) is -3.81. The minimum absolute atomic E-state index is 0.0103. The average Bonchev–Trinajstić information content (AvgIpc) is 2.72. The first-order valence-corrected chi connectivity index (χ1v) is 9.27. The predicted molar refractivity (Wildman–Crippen MR) is 109 cm³/mol. The highest BCUT2D eigenvalue weighted by atomic mass is 35.5. The summed E-state index contributed by atoms with van der Waals surface area (Å²) in [5, 5.41) is 15.4. The number of carbonyl (C=O) groups excluding carboxylic acids is 2. The summed E-state index contributed by atoms with van der Waals surface area (Å²) in [6, 6.07) is 7.10. The molecule has 3 amide bonds. The molecular weight excluding hydrogens is 472 g/mol. The molecule has 0 bridgehead atoms. The van der Waals surface area contributed by atoms with Crippen molar-refractivity contribution >= 4 is 34.9 Å². The van der Waals surface area contributed by atoms with E-state index in [0.717, 1.165) is 36.5 Å². The first-order chi connectivity index (χ1) is 15.4. The van der Waals surface area contributed by atoms with Crippen molar-refractivity contribution in [3.63, 3.8) is 0 Å². The van der Waals surface area contributed by atoms with E-state index in [1.807, 2.05) is 5.32 Å². The molecule has 0 unspecified atom stereocenters. The highest BCUT2D eigenvalue weighted by molar-refractivity contribution is 6.30. The summed E-state index contributed by atoms with van der Waals surface area (Å²) in [5.41, 5.74) is 2.57. The Morgan fingerprint density at radius 3 is 2.27 bits per heavy atom. The van der Waals surface area contributed by atoms with Gasteiger partial charge in [0.2, 0.25) is 0 Å². The van der Waals surface area contributed by atoms with Crippen molar-refractivity contribution in [1.82, 2.24) is 0 Å². The van der Waals surface area contributed by atoms with Gasteiger partial charge in [-0.2, -0.15) is 17.9 Å². The zero-order chi connectivity index (χ0) is 24.3. The number of carbonyl (C=O) groups is 2. The lowest BCUT2D eigenvalue weighted by molar-refractivity contribution is -0.607. The highest BCUT2D eigenvalue weighted by Crippen LogP contribution is 2.36. The number of halogens is 5. The largest absolute Gasteiger partial charge is 0.618 e. The number of nitrogens with two attached hydrogens (primary N) is 1. The lowest BCUT2D eigenvalue weighted by Gasteiger charge is -2.15. The number of alkyl halides is 3. The Kier molecular flexibility index (Phi) is 6.58. The quantitative estimate of drug-likeness (QED) is 0.277. The highest BCUT2D eigenvalue weighted by Gasteiger charge is 2.34. The van der Waals surface area contributed by atoms with E-state index in [1.54, 1.807) is 0 Å². The molecule has 1 heterocycles. The van der Waals surface area contributed by atoms with E-state index < -0.39 is 40.9 Å². The van der Waals surface area contributed by atoms with Crippen LogP contribution in [-0.4, -0.2) is 11.9 Å². The number of anilines is 2. The standard InChI is InChI=1S/C20H13ClF4N4O4/c21-10-1-3-15(13(7-10)20(23,24)25)27-19(31)28-16-4-2-11(8-14(16)22)33-12-5-6-29(32)17(9-12)18(26)30/h1-9H,(H2,26,30)(H2,27,28,31). The molecule has 0 radical (unpaired) electrons. The summed E-state index contributed by atoms with van der Waals surface area (Å²) in [5.74, 6) is -2.02. The topological polar surface area (TPSA) is 120 Å². The van der Waals surface area contributed by atoms with Crippen LogP contribution in [0.25, 0.3) is 0 Å². The lowest BCUT2D eigenvalue weighted by Crippen LogP contribution is -2.36. The van der Waals surface area contributed by atoms with E-state index in [9.17, 15) is 32.4 Å². The van der Waals surface area contributed by atoms with Crippen molar-refractivity contribution in [1.29, 1.82) is 0 Å². The number of benzene rings is 2. The molecule has 4 N–H and O–H groups in total. The summed E-state index contributed by atoms with van der Waals surface area (Å²) in [6.45, 7) is 0. The number of hydrogen-bond donors (Lipinski definition) is 3. The summed E-state index contributed by atoms with van der Waals surface area (Å²) >= 11 is 5.59. The van der Waals surface area contributed by atoms with E-state index in [4.69, 9.17) is 22.1 Å². The van der Waals surface area contributed by atoms with Crippen molar-refractivity contribution < 1.29 is 36.6 Å². The Morgan fingerprint density at radius 2 is 1.64 bits per heavy atom. The van der Waals surface area contributed by atoms with Gasteiger partial charge in [0.15, 0.2) is 6.20 Å². The molecule has 0 spiro atoms. The number of pyridine rings is 1. The fraction of sp³-hybridized carbons (Fsp3) is 0.0500. The molecule has 0 atom stereocenters. The number of rotatable bonds is 5. The molecule has 172 valence electrons. The second kappa shape index (κ2) is 9.20. The monoisotopic (exact) mass is 484 g/mol. The van der Waals surface area contributed by atoms with Gasteiger partial charge in [-0.3, -0.25) is 4.79 Å². The van der Waals surface area contributed by atoms with Crippen LogP contribution in [0.2, 0.25) is 5.02 Å². The van der Waals surface area contributed by atoms with Crippen LogP contribution >= 0.6 is 11.6 Å². The number of aromatic nitrogens is 1. The number of amides is 3. The first-order valence-electron chi connectivity index (χ1n) is 8.89. The predicted octanol–water partition coefficient (Wildman–Crippen LogP) is 4.67. The van der Waals surface area contributed by atoms with E-state index in [0.29, 0.717) is 6.07 Å². The van der Waals surface area contributed by atoms with Gasteiger partial charge >= 0.3 is 18.1 Å². The van der Waals surface area contributed by atoms with Crippen molar-refractivity contribution in [2.24, 2.45) is 5.73 Å². The van der Waals surface area contributed by atoms with E-state index in [-0.39, 0.29) is 26.9 Å². The molecule has 8 nitrogen and oxygen atoms in total. The van der Waals surface area contributed by atoms with Gasteiger partial charge in [0.25, 0.3) is 5.69 Å². The van der Waals surface area contributed by atoms with Crippen LogP contribution in [0.4, 0.5) is 33.7 Å². The van der Waals surface area contributed by atoms with Crippen molar-refractivity contribution in [3.8, 4) is 11.5 Å². The van der Waals surface area contributed by atoms with E-state index in [2.05, 4.69) is 5.32 Å². The van der Waals surface area contributed by atoms with Crippen molar-refractivity contribution in [3.05, 3.63) is 82.0 Å².